The summed E-state index contributed by atoms with van der Waals surface area (Å²) in [6, 6.07) is 16.8. The molecule has 292 valence electrons. The van der Waals surface area contributed by atoms with Gasteiger partial charge < -0.3 is 19.7 Å². The van der Waals surface area contributed by atoms with Gasteiger partial charge in [0.15, 0.2) is 0 Å². The van der Waals surface area contributed by atoms with Gasteiger partial charge in [-0.25, -0.2) is 13.4 Å². The third-order valence-electron chi connectivity index (χ3n) is 11.3. The van der Waals surface area contributed by atoms with Crippen LogP contribution in [0.25, 0.3) is 22.2 Å². The summed E-state index contributed by atoms with van der Waals surface area (Å²) in [7, 11) is -3.88. The average Bonchev–Trinajstić information content (AvgIpc) is 4.11. The van der Waals surface area contributed by atoms with Crippen molar-refractivity contribution in [2.75, 3.05) is 13.2 Å². The van der Waals surface area contributed by atoms with E-state index >= 15 is 0 Å². The Morgan fingerprint density at radius 2 is 1.87 bits per heavy atom. The number of nitrogens with one attached hydrogen (secondary N) is 2. The third-order valence-corrected chi connectivity index (χ3v) is 13.2. The number of fused-ring (bicyclic) bond motifs is 3. The molecule has 13 heteroatoms. The molecule has 5 atom stereocenters. The Bertz CT molecular complexity index is 2070. The van der Waals surface area contributed by atoms with Crippen LogP contribution in [0.4, 0.5) is 0 Å². The SMILES string of the molecule is C=C[C@@H]1C[C@]1(NC(=O)[C@@H]1C[C@@H]2CN1C(=O)[C@H](CCCC)CC(=O)OCCCCCc1ccc3nc(-c4ccccc4)cc(c3c1)O2)C(=O)NS(=O)(=O)C1CC1. The van der Waals surface area contributed by atoms with E-state index < -0.39 is 62.6 Å². The van der Waals surface area contributed by atoms with Crippen LogP contribution in [0.15, 0.2) is 67.3 Å². The third kappa shape index (κ3) is 8.56. The quantitative estimate of drug-likeness (QED) is 0.204. The minimum absolute atomic E-state index is 0.0545. The van der Waals surface area contributed by atoms with Crippen molar-refractivity contribution in [2.24, 2.45) is 11.8 Å². The molecule has 2 aromatic carbocycles. The lowest BCUT2D eigenvalue weighted by Crippen LogP contribution is -2.57. The van der Waals surface area contributed by atoms with Crippen molar-refractivity contribution in [3.05, 3.63) is 72.8 Å². The Morgan fingerprint density at radius 1 is 1.07 bits per heavy atom. The van der Waals surface area contributed by atoms with Gasteiger partial charge in [0.1, 0.15) is 23.4 Å². The maximum Gasteiger partial charge on any atom is 0.306 e. The zero-order valence-electron chi connectivity index (χ0n) is 31.3. The van der Waals surface area contributed by atoms with Crippen molar-refractivity contribution in [3.63, 3.8) is 0 Å². The van der Waals surface area contributed by atoms with Crippen LogP contribution in [0.1, 0.15) is 83.1 Å². The van der Waals surface area contributed by atoms with Gasteiger partial charge in [0.25, 0.3) is 5.91 Å². The molecule has 0 radical (unpaired) electrons. The van der Waals surface area contributed by atoms with Crippen molar-refractivity contribution in [1.29, 1.82) is 0 Å². The highest BCUT2D eigenvalue weighted by Gasteiger charge is 2.62. The van der Waals surface area contributed by atoms with E-state index in [0.29, 0.717) is 37.9 Å². The number of aromatic nitrogens is 1. The molecule has 3 aromatic rings. The predicted octanol–water partition coefficient (Wildman–Crippen LogP) is 5.39. The lowest BCUT2D eigenvalue weighted by atomic mass is 9.96. The number of carbonyl (C=O) groups is 4. The summed E-state index contributed by atoms with van der Waals surface area (Å²) in [6.07, 6.45) is 7.22. The van der Waals surface area contributed by atoms with E-state index in [0.717, 1.165) is 53.4 Å². The highest BCUT2D eigenvalue weighted by Crippen LogP contribution is 2.46. The molecule has 1 aromatic heterocycles. The molecule has 3 heterocycles. The number of pyridine rings is 1. The molecule has 3 amide bonds. The second-order valence-electron chi connectivity index (χ2n) is 15.5. The monoisotopic (exact) mass is 770 g/mol. The number of rotatable bonds is 10. The Balaban J connectivity index is 1.24. The summed E-state index contributed by atoms with van der Waals surface area (Å²) in [4.78, 5) is 62.0. The van der Waals surface area contributed by atoms with Gasteiger partial charge in [-0.2, -0.15) is 0 Å². The van der Waals surface area contributed by atoms with Crippen LogP contribution in [-0.2, 0) is 40.4 Å². The standard InChI is InChI=1S/C42H50N4O8S/c1-3-5-13-29-22-38(47)53-20-11-7-8-12-27-16-19-34-33(21-27)37(24-35(43-34)28-14-9-6-10-15-28)54-31-23-36(46(26-31)40(29)49)39(48)44-42(25-30(42)4-2)41(50)45-55(51,52)32-17-18-32/h4,6,9-10,14-16,19,21,24,29-32,36H,2-3,5,7-8,11-13,17-18,20,22-23,25-26H2,1H3,(H,44,48)(H,45,50)/t29-,30-,31-,36+,42-/m1/s1. The summed E-state index contributed by atoms with van der Waals surface area (Å²) in [5.41, 5.74) is 1.97. The number of sulfonamides is 1. The zero-order valence-corrected chi connectivity index (χ0v) is 32.2. The van der Waals surface area contributed by atoms with E-state index in [1.54, 1.807) is 0 Å². The molecule has 0 spiro atoms. The smallest absolute Gasteiger partial charge is 0.306 e. The molecule has 0 unspecified atom stereocenters. The molecular weight excluding hydrogens is 721 g/mol. The van der Waals surface area contributed by atoms with E-state index in [-0.39, 0.29) is 38.3 Å². The van der Waals surface area contributed by atoms with Gasteiger partial charge >= 0.3 is 5.97 Å². The molecule has 4 bridgehead atoms. The largest absolute Gasteiger partial charge is 0.488 e. The number of aryl methyl sites for hydroxylation is 1. The van der Waals surface area contributed by atoms with Crippen LogP contribution in [0.2, 0.25) is 0 Å². The second kappa shape index (κ2) is 16.1. The summed E-state index contributed by atoms with van der Waals surface area (Å²) >= 11 is 0. The average molecular weight is 771 g/mol. The van der Waals surface area contributed by atoms with Gasteiger partial charge in [0.05, 0.1) is 36.0 Å². The molecule has 1 saturated heterocycles. The van der Waals surface area contributed by atoms with Crippen LogP contribution in [0, 0.1) is 11.8 Å². The molecule has 12 nitrogen and oxygen atoms in total. The minimum atomic E-state index is -3.88. The molecular formula is C42H50N4O8S. The van der Waals surface area contributed by atoms with Gasteiger partial charge in [-0.15, -0.1) is 6.58 Å². The van der Waals surface area contributed by atoms with Gasteiger partial charge in [0, 0.05) is 35.3 Å². The van der Waals surface area contributed by atoms with Gasteiger partial charge in [-0.3, -0.25) is 23.9 Å². The summed E-state index contributed by atoms with van der Waals surface area (Å²) < 4.78 is 40.1. The molecule has 4 aliphatic rings. The summed E-state index contributed by atoms with van der Waals surface area (Å²) in [5.74, 6) is -2.87. The van der Waals surface area contributed by atoms with E-state index in [9.17, 15) is 27.6 Å². The Morgan fingerprint density at radius 3 is 2.60 bits per heavy atom. The van der Waals surface area contributed by atoms with Gasteiger partial charge in [-0.1, -0.05) is 62.2 Å². The topological polar surface area (TPSA) is 161 Å². The van der Waals surface area contributed by atoms with Crippen LogP contribution in [-0.4, -0.2) is 78.1 Å². The summed E-state index contributed by atoms with van der Waals surface area (Å²) in [6.45, 7) is 6.13. The summed E-state index contributed by atoms with van der Waals surface area (Å²) in [5, 5.41) is 3.05. The maximum atomic E-state index is 14.5. The Kier molecular flexibility index (Phi) is 11.3. The van der Waals surface area contributed by atoms with Crippen molar-refractivity contribution >= 4 is 44.6 Å². The Hall–Kier alpha value is -4.78. The highest BCUT2D eigenvalue weighted by molar-refractivity contribution is 7.91. The molecule has 3 fully saturated rings. The molecule has 2 N–H and O–H groups in total. The van der Waals surface area contributed by atoms with Crippen molar-refractivity contribution < 1.29 is 37.1 Å². The fourth-order valence-electron chi connectivity index (χ4n) is 7.88. The van der Waals surface area contributed by atoms with Gasteiger partial charge in [-0.05, 0) is 69.1 Å². The van der Waals surface area contributed by atoms with Crippen molar-refractivity contribution in [1.82, 2.24) is 19.9 Å². The van der Waals surface area contributed by atoms with E-state index in [1.165, 1.54) is 11.0 Å². The van der Waals surface area contributed by atoms with Crippen LogP contribution in [0.5, 0.6) is 5.75 Å². The van der Waals surface area contributed by atoms with Crippen LogP contribution in [0.3, 0.4) is 0 Å². The van der Waals surface area contributed by atoms with E-state index in [2.05, 4.69) is 28.8 Å². The number of nitrogens with zero attached hydrogens (tertiary/aromatic N) is 2. The number of carbonyl (C=O) groups excluding carboxylic acids is 4. The fraction of sp³-hybridized carbons (Fsp3) is 0.500. The Labute approximate surface area is 322 Å². The number of hydrogen-bond donors (Lipinski definition) is 2. The first-order chi connectivity index (χ1) is 26.5. The maximum absolute atomic E-state index is 14.5. The van der Waals surface area contributed by atoms with Crippen molar-refractivity contribution in [3.8, 4) is 17.0 Å². The number of amides is 3. The van der Waals surface area contributed by atoms with Gasteiger partial charge in [0.2, 0.25) is 21.8 Å². The predicted molar refractivity (Wildman–Crippen MR) is 207 cm³/mol. The number of benzene rings is 2. The first kappa shape index (κ1) is 38.5. The van der Waals surface area contributed by atoms with E-state index in [1.807, 2.05) is 49.4 Å². The minimum Gasteiger partial charge on any atom is -0.488 e. The number of esters is 1. The molecule has 7 rings (SSSR count). The van der Waals surface area contributed by atoms with Crippen molar-refractivity contribution in [2.45, 2.75) is 107 Å². The number of ether oxygens (including phenoxy) is 2. The zero-order chi connectivity index (χ0) is 38.7. The molecule has 2 aliphatic heterocycles. The van der Waals surface area contributed by atoms with Crippen LogP contribution >= 0.6 is 0 Å². The van der Waals surface area contributed by atoms with Crippen LogP contribution < -0.4 is 14.8 Å². The molecule has 2 saturated carbocycles. The first-order valence-electron chi connectivity index (χ1n) is 19.6. The molecule has 2 aliphatic carbocycles. The second-order valence-corrected chi connectivity index (χ2v) is 17.4. The molecule has 55 heavy (non-hydrogen) atoms. The lowest BCUT2D eigenvalue weighted by Gasteiger charge is -2.29. The lowest BCUT2D eigenvalue weighted by molar-refractivity contribution is -0.150. The normalized spacial score (nSPS) is 26.0. The first-order valence-corrected chi connectivity index (χ1v) is 21.2. The number of unbranched alkanes of at least 4 members (excludes halogenated alkanes) is 1. The fourth-order valence-corrected chi connectivity index (χ4v) is 9.24. The number of hydrogen-bond acceptors (Lipinski definition) is 9. The van der Waals surface area contributed by atoms with E-state index in [4.69, 9.17) is 14.5 Å². The highest BCUT2D eigenvalue weighted by atomic mass is 32.2. The number of cyclic esters (lactones) is 1.